The fraction of sp³-hybridized carbons (Fsp3) is 0.467. The van der Waals surface area contributed by atoms with Crippen molar-refractivity contribution >= 4 is 40.0 Å². The number of anilines is 1. The van der Waals surface area contributed by atoms with Crippen LogP contribution in [0.2, 0.25) is 0 Å². The quantitative estimate of drug-likeness (QED) is 0.591. The molecule has 0 aliphatic rings. The van der Waals surface area contributed by atoms with Gasteiger partial charge >= 0.3 is 0 Å². The van der Waals surface area contributed by atoms with E-state index in [2.05, 4.69) is 29.4 Å². The van der Waals surface area contributed by atoms with E-state index in [1.54, 1.807) is 23.9 Å². The average molecular weight is 392 g/mol. The minimum atomic E-state index is -2.46. The van der Waals surface area contributed by atoms with E-state index in [0.717, 1.165) is 21.6 Å². The zero-order chi connectivity index (χ0) is 17.5. The van der Waals surface area contributed by atoms with E-state index in [0.29, 0.717) is 34.1 Å². The van der Waals surface area contributed by atoms with Gasteiger partial charge < -0.3 is 10.1 Å². The van der Waals surface area contributed by atoms with Crippen molar-refractivity contribution in [1.82, 2.24) is 10.2 Å². The number of hydrogen-bond acceptors (Lipinski definition) is 7. The Bertz CT molecular complexity index is 653. The van der Waals surface area contributed by atoms with Crippen LogP contribution in [0.25, 0.3) is 0 Å². The first-order chi connectivity index (χ1) is 11.5. The number of hydrogen-bond donors (Lipinski definition) is 1. The Labute approximate surface area is 152 Å². The van der Waals surface area contributed by atoms with Crippen LogP contribution in [-0.2, 0) is 5.75 Å². The molecule has 132 valence electrons. The van der Waals surface area contributed by atoms with E-state index in [4.69, 9.17) is 4.74 Å². The molecule has 0 radical (unpaired) electrons. The summed E-state index contributed by atoms with van der Waals surface area (Å²) in [5.41, 5.74) is 0.988. The second-order valence-corrected chi connectivity index (χ2v) is 8.53. The molecule has 0 unspecified atom stereocenters. The molecule has 4 nitrogen and oxygen atoms in total. The summed E-state index contributed by atoms with van der Waals surface area (Å²) >= 11 is 3.56. The number of benzene rings is 1. The van der Waals surface area contributed by atoms with Crippen LogP contribution < -0.4 is 10.1 Å². The molecule has 0 saturated heterocycles. The third kappa shape index (κ3) is 6.10. The van der Waals surface area contributed by atoms with Crippen LogP contribution in [-0.4, -0.2) is 29.6 Å². The van der Waals surface area contributed by atoms with E-state index in [1.165, 1.54) is 18.4 Å². The molecule has 1 heterocycles. The molecule has 0 fully saturated rings. The monoisotopic (exact) mass is 391 g/mol. The summed E-state index contributed by atoms with van der Waals surface area (Å²) in [4.78, 5) is 0.442. The van der Waals surface area contributed by atoms with Crippen molar-refractivity contribution in [1.29, 1.82) is 0 Å². The zero-order valence-electron chi connectivity index (χ0n) is 13.6. The highest BCUT2D eigenvalue weighted by atomic mass is 32.2. The molecule has 2 aromatic rings. The number of nitrogens with zero attached hydrogens (tertiary/aromatic N) is 2. The van der Waals surface area contributed by atoms with E-state index in [-0.39, 0.29) is 0 Å². The maximum atomic E-state index is 12.5. The third-order valence-electron chi connectivity index (χ3n) is 2.87. The topological polar surface area (TPSA) is 47.0 Å². The Morgan fingerprint density at radius 1 is 1.29 bits per heavy atom. The Kier molecular flexibility index (Phi) is 7.57. The maximum Gasteiger partial charge on any atom is 0.289 e. The van der Waals surface area contributed by atoms with Gasteiger partial charge in [-0.05, 0) is 23.6 Å². The Morgan fingerprint density at radius 3 is 2.75 bits per heavy atom. The minimum Gasteiger partial charge on any atom is -0.496 e. The highest BCUT2D eigenvalue weighted by Gasteiger charge is 2.12. The lowest BCUT2D eigenvalue weighted by Crippen LogP contribution is -2.07. The van der Waals surface area contributed by atoms with E-state index >= 15 is 0 Å². The number of nitrogens with one attached hydrogen (secondary N) is 1. The second-order valence-electron chi connectivity index (χ2n) is 5.30. The lowest BCUT2D eigenvalue weighted by Gasteiger charge is -2.09. The molecular weight excluding hydrogens is 372 g/mol. The van der Waals surface area contributed by atoms with Crippen LogP contribution in [0, 0.1) is 5.92 Å². The summed E-state index contributed by atoms with van der Waals surface area (Å²) < 4.78 is 31.1. The normalized spacial score (nSPS) is 11.3. The minimum absolute atomic E-state index is 0.442. The van der Waals surface area contributed by atoms with Crippen LogP contribution in [0.5, 0.6) is 5.75 Å². The van der Waals surface area contributed by atoms with Gasteiger partial charge in [0.25, 0.3) is 5.76 Å². The molecule has 0 saturated carbocycles. The number of thioether (sulfide) groups is 2. The molecule has 9 heteroatoms. The third-order valence-corrected chi connectivity index (χ3v) is 5.73. The van der Waals surface area contributed by atoms with Crippen molar-refractivity contribution in [2.75, 3.05) is 19.0 Å². The molecule has 0 aliphatic carbocycles. The average Bonchev–Trinajstić information content (AvgIpc) is 2.99. The number of ether oxygens (including phenoxy) is 1. The molecule has 0 spiro atoms. The molecule has 0 atom stereocenters. The van der Waals surface area contributed by atoms with Crippen LogP contribution in [0.1, 0.15) is 19.4 Å². The van der Waals surface area contributed by atoms with Gasteiger partial charge in [0.1, 0.15) is 5.75 Å². The molecule has 1 N–H and O–H groups in total. The number of halogens is 2. The van der Waals surface area contributed by atoms with Crippen molar-refractivity contribution in [3.8, 4) is 5.75 Å². The maximum absolute atomic E-state index is 12.5. The van der Waals surface area contributed by atoms with Crippen LogP contribution in [0.3, 0.4) is 0 Å². The van der Waals surface area contributed by atoms with Gasteiger partial charge in [-0.15, -0.1) is 10.2 Å². The number of alkyl halides is 2. The summed E-state index contributed by atoms with van der Waals surface area (Å²) in [5.74, 6) is -0.774. The van der Waals surface area contributed by atoms with E-state index in [1.807, 2.05) is 6.07 Å². The van der Waals surface area contributed by atoms with Crippen molar-refractivity contribution in [2.45, 2.75) is 34.6 Å². The standard InChI is InChI=1S/C15H19F2N3OS3/c1-9(2)7-18-14-19-20-15(24-14)22-8-10-4-5-12(23-13(16)17)11(6-10)21-3/h4-6,9,13H,7-8H2,1-3H3,(H,18,19). The largest absolute Gasteiger partial charge is 0.496 e. The van der Waals surface area contributed by atoms with Gasteiger partial charge in [0.15, 0.2) is 4.34 Å². The van der Waals surface area contributed by atoms with Crippen molar-refractivity contribution in [3.05, 3.63) is 23.8 Å². The Morgan fingerprint density at radius 2 is 2.08 bits per heavy atom. The summed E-state index contributed by atoms with van der Waals surface area (Å²) in [5, 5.41) is 12.3. The van der Waals surface area contributed by atoms with Gasteiger partial charge in [-0.1, -0.05) is 54.8 Å². The highest BCUT2D eigenvalue weighted by Crippen LogP contribution is 2.36. The number of rotatable bonds is 9. The lowest BCUT2D eigenvalue weighted by atomic mass is 10.2. The van der Waals surface area contributed by atoms with Crippen molar-refractivity contribution in [3.63, 3.8) is 0 Å². The molecule has 1 aromatic heterocycles. The highest BCUT2D eigenvalue weighted by molar-refractivity contribution is 8.00. The molecular formula is C15H19F2N3OS3. The summed E-state index contributed by atoms with van der Waals surface area (Å²) in [6, 6.07) is 5.29. The summed E-state index contributed by atoms with van der Waals surface area (Å²) in [6.07, 6.45) is 0. The smallest absolute Gasteiger partial charge is 0.289 e. The SMILES string of the molecule is COc1cc(CSc2nnc(NCC(C)C)s2)ccc1SC(F)F. The van der Waals surface area contributed by atoms with Gasteiger partial charge in [-0.2, -0.15) is 8.78 Å². The molecule has 1 aromatic carbocycles. The van der Waals surface area contributed by atoms with Gasteiger partial charge in [-0.25, -0.2) is 0 Å². The van der Waals surface area contributed by atoms with Gasteiger partial charge in [0, 0.05) is 12.3 Å². The van der Waals surface area contributed by atoms with Gasteiger partial charge in [-0.3, -0.25) is 0 Å². The van der Waals surface area contributed by atoms with Crippen molar-refractivity contribution < 1.29 is 13.5 Å². The number of aromatic nitrogens is 2. The first-order valence-corrected chi connectivity index (χ1v) is 9.98. The van der Waals surface area contributed by atoms with Crippen molar-refractivity contribution in [2.24, 2.45) is 5.92 Å². The van der Waals surface area contributed by atoms with Crippen LogP contribution >= 0.6 is 34.9 Å². The van der Waals surface area contributed by atoms with Gasteiger partial charge in [0.05, 0.1) is 12.0 Å². The molecule has 0 amide bonds. The predicted molar refractivity (Wildman–Crippen MR) is 97.7 cm³/mol. The van der Waals surface area contributed by atoms with Gasteiger partial charge in [0.2, 0.25) is 5.13 Å². The lowest BCUT2D eigenvalue weighted by molar-refractivity contribution is 0.251. The fourth-order valence-electron chi connectivity index (χ4n) is 1.77. The first kappa shape index (κ1) is 19.3. The van der Waals surface area contributed by atoms with E-state index in [9.17, 15) is 8.78 Å². The first-order valence-electron chi connectivity index (χ1n) is 7.29. The second kappa shape index (κ2) is 9.43. The molecule has 0 aliphatic heterocycles. The predicted octanol–water partition coefficient (Wildman–Crippen LogP) is 5.22. The number of methoxy groups -OCH3 is 1. The Balaban J connectivity index is 1.94. The van der Waals surface area contributed by atoms with E-state index < -0.39 is 5.76 Å². The summed E-state index contributed by atoms with van der Waals surface area (Å²) in [6.45, 7) is 5.12. The molecule has 2 rings (SSSR count). The molecule has 0 bridgehead atoms. The Hall–Kier alpha value is -1.06. The molecule has 24 heavy (non-hydrogen) atoms. The van der Waals surface area contributed by atoms with Crippen LogP contribution in [0.15, 0.2) is 27.4 Å². The van der Waals surface area contributed by atoms with Crippen LogP contribution in [0.4, 0.5) is 13.9 Å². The zero-order valence-corrected chi connectivity index (χ0v) is 16.0. The fourth-order valence-corrected chi connectivity index (χ4v) is 4.07. The summed E-state index contributed by atoms with van der Waals surface area (Å²) in [7, 11) is 1.49.